The van der Waals surface area contributed by atoms with E-state index in [4.69, 9.17) is 4.74 Å². The van der Waals surface area contributed by atoms with Crippen molar-refractivity contribution in [3.05, 3.63) is 34.1 Å². The van der Waals surface area contributed by atoms with E-state index < -0.39 is 0 Å². The first-order chi connectivity index (χ1) is 9.54. The maximum Gasteiger partial charge on any atom is 0.255 e. The molecule has 1 saturated carbocycles. The summed E-state index contributed by atoms with van der Waals surface area (Å²) >= 11 is 3.27. The van der Waals surface area contributed by atoms with E-state index in [1.54, 1.807) is 7.11 Å². The van der Waals surface area contributed by atoms with E-state index in [1.807, 2.05) is 4.90 Å². The highest BCUT2D eigenvalue weighted by Crippen LogP contribution is 2.36. The summed E-state index contributed by atoms with van der Waals surface area (Å²) < 4.78 is 18.7. The molecule has 0 aliphatic heterocycles. The lowest BCUT2D eigenvalue weighted by molar-refractivity contribution is 0.0593. The third kappa shape index (κ3) is 3.58. The lowest BCUT2D eigenvalue weighted by atomic mass is 10.1. The highest BCUT2D eigenvalue weighted by atomic mass is 79.9. The molecule has 1 aliphatic carbocycles. The molecule has 20 heavy (non-hydrogen) atoms. The molecule has 110 valence electrons. The number of hydrogen-bond acceptors (Lipinski definition) is 2. The number of carbonyl (C=O) groups is 1. The molecule has 0 heterocycles. The van der Waals surface area contributed by atoms with E-state index in [-0.39, 0.29) is 17.8 Å². The average Bonchev–Trinajstić information content (AvgIpc) is 3.22. The number of ether oxygens (including phenoxy) is 1. The predicted molar refractivity (Wildman–Crippen MR) is 79.2 cm³/mol. The molecule has 1 aromatic rings. The van der Waals surface area contributed by atoms with E-state index in [1.165, 1.54) is 31.0 Å². The molecular weight excluding hydrogens is 325 g/mol. The maximum absolute atomic E-state index is 13.1. The van der Waals surface area contributed by atoms with Crippen molar-refractivity contribution in [2.45, 2.75) is 25.8 Å². The Kier molecular flexibility index (Phi) is 5.16. The highest BCUT2D eigenvalue weighted by Gasteiger charge is 2.34. The van der Waals surface area contributed by atoms with Crippen molar-refractivity contribution < 1.29 is 13.9 Å². The molecule has 0 radical (unpaired) electrons. The molecule has 1 atom stereocenters. The van der Waals surface area contributed by atoms with Crippen LogP contribution in [0, 0.1) is 11.7 Å². The topological polar surface area (TPSA) is 29.5 Å². The summed E-state index contributed by atoms with van der Waals surface area (Å²) in [6, 6.07) is 4.36. The minimum atomic E-state index is -0.355. The first-order valence-electron chi connectivity index (χ1n) is 6.79. The molecule has 0 aromatic heterocycles. The van der Waals surface area contributed by atoms with Gasteiger partial charge in [0, 0.05) is 24.2 Å². The zero-order chi connectivity index (χ0) is 14.7. The van der Waals surface area contributed by atoms with E-state index >= 15 is 0 Å². The molecule has 0 spiro atoms. The number of rotatable bonds is 6. The predicted octanol–water partition coefficient (Wildman–Crippen LogP) is 3.48. The van der Waals surface area contributed by atoms with Crippen LogP contribution in [0.15, 0.2) is 22.7 Å². The standard InChI is InChI=1S/C15H19BrFNO2/c1-10(11-3-4-11)18(7-8-20-2)15(19)13-6-5-12(17)9-14(13)16/h5-6,9-11H,3-4,7-8H2,1-2H3. The summed E-state index contributed by atoms with van der Waals surface area (Å²) in [4.78, 5) is 14.5. The third-order valence-electron chi connectivity index (χ3n) is 3.75. The van der Waals surface area contributed by atoms with Gasteiger partial charge in [-0.2, -0.15) is 0 Å². The number of benzene rings is 1. The highest BCUT2D eigenvalue weighted by molar-refractivity contribution is 9.10. The molecule has 1 aromatic carbocycles. The van der Waals surface area contributed by atoms with Crippen LogP contribution in [0.4, 0.5) is 4.39 Å². The van der Waals surface area contributed by atoms with Gasteiger partial charge in [-0.1, -0.05) is 0 Å². The summed E-state index contributed by atoms with van der Waals surface area (Å²) in [5.41, 5.74) is 0.495. The van der Waals surface area contributed by atoms with Gasteiger partial charge in [0.05, 0.1) is 12.2 Å². The van der Waals surface area contributed by atoms with Crippen LogP contribution in [-0.2, 0) is 4.74 Å². The third-order valence-corrected chi connectivity index (χ3v) is 4.41. The van der Waals surface area contributed by atoms with Gasteiger partial charge < -0.3 is 9.64 Å². The Morgan fingerprint density at radius 3 is 2.80 bits per heavy atom. The summed E-state index contributed by atoms with van der Waals surface area (Å²) in [7, 11) is 1.62. The Hall–Kier alpha value is -0.940. The van der Waals surface area contributed by atoms with Gasteiger partial charge in [-0.3, -0.25) is 4.79 Å². The van der Waals surface area contributed by atoms with Crippen molar-refractivity contribution in [2.24, 2.45) is 5.92 Å². The largest absolute Gasteiger partial charge is 0.383 e. The second-order valence-corrected chi connectivity index (χ2v) is 6.05. The van der Waals surface area contributed by atoms with Crippen molar-refractivity contribution in [3.8, 4) is 0 Å². The Labute approximate surface area is 127 Å². The zero-order valence-electron chi connectivity index (χ0n) is 11.7. The van der Waals surface area contributed by atoms with E-state index in [0.29, 0.717) is 29.1 Å². The molecule has 1 aliphatic rings. The van der Waals surface area contributed by atoms with E-state index in [2.05, 4.69) is 22.9 Å². The van der Waals surface area contributed by atoms with Crippen LogP contribution in [-0.4, -0.2) is 37.1 Å². The first kappa shape index (κ1) is 15.4. The van der Waals surface area contributed by atoms with E-state index in [0.717, 1.165) is 0 Å². The first-order valence-corrected chi connectivity index (χ1v) is 7.59. The summed E-state index contributed by atoms with van der Waals surface area (Å²) in [5.74, 6) is 0.149. The van der Waals surface area contributed by atoms with Crippen molar-refractivity contribution >= 4 is 21.8 Å². The Morgan fingerprint density at radius 2 is 2.25 bits per heavy atom. The zero-order valence-corrected chi connectivity index (χ0v) is 13.3. The lowest BCUT2D eigenvalue weighted by Gasteiger charge is -2.29. The number of amides is 1. The molecule has 1 amide bonds. The number of hydrogen-bond donors (Lipinski definition) is 0. The fourth-order valence-corrected chi connectivity index (χ4v) is 2.85. The Bertz CT molecular complexity index is 491. The smallest absolute Gasteiger partial charge is 0.255 e. The SMILES string of the molecule is COCCN(C(=O)c1ccc(F)cc1Br)C(C)C1CC1. The lowest BCUT2D eigenvalue weighted by Crippen LogP contribution is -2.42. The van der Waals surface area contributed by atoms with Crippen molar-refractivity contribution in [1.82, 2.24) is 4.90 Å². The van der Waals surface area contributed by atoms with Gasteiger partial charge in [0.25, 0.3) is 5.91 Å². The van der Waals surface area contributed by atoms with Crippen LogP contribution < -0.4 is 0 Å². The monoisotopic (exact) mass is 343 g/mol. The normalized spacial score (nSPS) is 16.0. The number of nitrogens with zero attached hydrogens (tertiary/aromatic N) is 1. The number of carbonyl (C=O) groups excluding carboxylic acids is 1. The molecular formula is C15H19BrFNO2. The molecule has 1 fully saturated rings. The molecule has 0 bridgehead atoms. The minimum absolute atomic E-state index is 0.0756. The van der Waals surface area contributed by atoms with Gasteiger partial charge in [-0.25, -0.2) is 4.39 Å². The van der Waals surface area contributed by atoms with Gasteiger partial charge in [0.1, 0.15) is 5.82 Å². The quantitative estimate of drug-likeness (QED) is 0.791. The van der Waals surface area contributed by atoms with Crippen LogP contribution >= 0.6 is 15.9 Å². The second kappa shape index (κ2) is 6.68. The molecule has 2 rings (SSSR count). The molecule has 3 nitrogen and oxygen atoms in total. The number of halogens is 2. The van der Waals surface area contributed by atoms with Crippen molar-refractivity contribution in [1.29, 1.82) is 0 Å². The Morgan fingerprint density at radius 1 is 1.55 bits per heavy atom. The van der Waals surface area contributed by atoms with Gasteiger partial charge >= 0.3 is 0 Å². The molecule has 5 heteroatoms. The van der Waals surface area contributed by atoms with Gasteiger partial charge in [0.15, 0.2) is 0 Å². The molecule has 0 saturated heterocycles. The van der Waals surface area contributed by atoms with Crippen LogP contribution in [0.5, 0.6) is 0 Å². The average molecular weight is 344 g/mol. The summed E-state index contributed by atoms with van der Waals surface area (Å²) in [5, 5.41) is 0. The summed E-state index contributed by atoms with van der Waals surface area (Å²) in [6.45, 7) is 3.13. The van der Waals surface area contributed by atoms with Crippen LogP contribution in [0.25, 0.3) is 0 Å². The van der Waals surface area contributed by atoms with Crippen molar-refractivity contribution in [3.63, 3.8) is 0 Å². The molecule has 0 N–H and O–H groups in total. The summed E-state index contributed by atoms with van der Waals surface area (Å²) in [6.07, 6.45) is 2.34. The van der Waals surface area contributed by atoms with Gasteiger partial charge in [-0.15, -0.1) is 0 Å². The van der Waals surface area contributed by atoms with E-state index in [9.17, 15) is 9.18 Å². The van der Waals surface area contributed by atoms with Crippen molar-refractivity contribution in [2.75, 3.05) is 20.3 Å². The second-order valence-electron chi connectivity index (χ2n) is 5.19. The fraction of sp³-hybridized carbons (Fsp3) is 0.533. The fourth-order valence-electron chi connectivity index (χ4n) is 2.33. The van der Waals surface area contributed by atoms with Gasteiger partial charge in [0.2, 0.25) is 0 Å². The minimum Gasteiger partial charge on any atom is -0.383 e. The van der Waals surface area contributed by atoms with Crippen LogP contribution in [0.1, 0.15) is 30.1 Å². The maximum atomic E-state index is 13.1. The van der Waals surface area contributed by atoms with Crippen LogP contribution in [0.2, 0.25) is 0 Å². The molecule has 1 unspecified atom stereocenters. The Balaban J connectivity index is 2.20. The number of methoxy groups -OCH3 is 1. The van der Waals surface area contributed by atoms with Gasteiger partial charge in [-0.05, 0) is 59.8 Å². The van der Waals surface area contributed by atoms with Crippen LogP contribution in [0.3, 0.4) is 0 Å².